The number of benzene rings is 5. The lowest BCUT2D eigenvalue weighted by atomic mass is 10.1. The van der Waals surface area contributed by atoms with Crippen LogP contribution in [0.25, 0.3) is 10.8 Å². The van der Waals surface area contributed by atoms with E-state index in [0.717, 1.165) is 32.5 Å². The third kappa shape index (κ3) is 6.08. The predicted molar refractivity (Wildman–Crippen MR) is 153 cm³/mol. The third-order valence-corrected chi connectivity index (χ3v) is 7.30. The molecule has 0 aromatic heterocycles. The molecule has 0 aliphatic carbocycles. The molecule has 2 N–H and O–H groups in total. The zero-order chi connectivity index (χ0) is 25.6. The van der Waals surface area contributed by atoms with Crippen LogP contribution in [0.3, 0.4) is 0 Å². The van der Waals surface area contributed by atoms with E-state index in [1.54, 1.807) is 0 Å². The number of rotatable bonds is 7. The summed E-state index contributed by atoms with van der Waals surface area (Å²) in [5, 5.41) is 7.70. The van der Waals surface area contributed by atoms with E-state index >= 15 is 0 Å². The topological polar surface area (TPSA) is 58.2 Å². The number of nitrogens with one attached hydrogen (secondary N) is 2. The molecule has 0 radical (unpaired) electrons. The fourth-order valence-corrected chi connectivity index (χ4v) is 5.06. The highest BCUT2D eigenvalue weighted by Crippen LogP contribution is 2.36. The number of hydrogen-bond acceptors (Lipinski definition) is 3. The zero-order valence-corrected chi connectivity index (χ0v) is 21.2. The first kappa shape index (κ1) is 24.3. The molecule has 182 valence electrons. The van der Waals surface area contributed by atoms with Gasteiger partial charge < -0.3 is 10.6 Å². The lowest BCUT2D eigenvalue weighted by Crippen LogP contribution is -2.19. The van der Waals surface area contributed by atoms with Crippen molar-refractivity contribution in [2.24, 2.45) is 0 Å². The summed E-state index contributed by atoms with van der Waals surface area (Å²) in [5.41, 5.74) is 4.13. The fourth-order valence-electron chi connectivity index (χ4n) is 4.03. The quantitative estimate of drug-likeness (QED) is 0.223. The smallest absolute Gasteiger partial charge is 0.255 e. The molecular weight excluding hydrogens is 476 g/mol. The number of carbonyl (C=O) groups is 2. The molecule has 37 heavy (non-hydrogen) atoms. The lowest BCUT2D eigenvalue weighted by Gasteiger charge is -2.17. The van der Waals surface area contributed by atoms with Crippen LogP contribution in [0.2, 0.25) is 0 Å². The van der Waals surface area contributed by atoms with Gasteiger partial charge in [0.2, 0.25) is 5.91 Å². The number of fused-ring (bicyclic) bond motifs is 1. The summed E-state index contributed by atoms with van der Waals surface area (Å²) in [6, 6.07) is 38.7. The molecule has 5 aromatic carbocycles. The van der Waals surface area contributed by atoms with Crippen LogP contribution in [0.1, 0.15) is 26.7 Å². The normalized spacial score (nSPS) is 11.6. The highest BCUT2D eigenvalue weighted by atomic mass is 32.2. The van der Waals surface area contributed by atoms with Gasteiger partial charge in [0, 0.05) is 21.8 Å². The molecule has 5 heteroatoms. The number of carbonyl (C=O) groups excluding carboxylic acids is 2. The molecule has 0 saturated carbocycles. The van der Waals surface area contributed by atoms with Gasteiger partial charge in [-0.15, -0.1) is 11.8 Å². The van der Waals surface area contributed by atoms with Crippen molar-refractivity contribution in [3.8, 4) is 0 Å². The molecule has 5 rings (SSSR count). The average molecular weight is 503 g/mol. The SMILES string of the molecule is Cc1ccc(NC(=O)C(Sc2ccc(NC(=O)c3ccc4ccccc4c3)cc2)c2ccccc2)cc1. The minimum Gasteiger partial charge on any atom is -0.325 e. The Kier molecular flexibility index (Phi) is 7.33. The molecule has 0 bridgehead atoms. The van der Waals surface area contributed by atoms with E-state index in [9.17, 15) is 9.59 Å². The van der Waals surface area contributed by atoms with Gasteiger partial charge in [-0.2, -0.15) is 0 Å². The largest absolute Gasteiger partial charge is 0.325 e. The maximum Gasteiger partial charge on any atom is 0.255 e. The van der Waals surface area contributed by atoms with Gasteiger partial charge in [-0.1, -0.05) is 78.4 Å². The van der Waals surface area contributed by atoms with Crippen molar-refractivity contribution in [2.75, 3.05) is 10.6 Å². The van der Waals surface area contributed by atoms with E-state index in [4.69, 9.17) is 0 Å². The van der Waals surface area contributed by atoms with Gasteiger partial charge in [-0.3, -0.25) is 9.59 Å². The Bertz CT molecular complexity index is 1530. The van der Waals surface area contributed by atoms with Crippen molar-refractivity contribution in [1.29, 1.82) is 0 Å². The van der Waals surface area contributed by atoms with Gasteiger partial charge in [0.25, 0.3) is 5.91 Å². The summed E-state index contributed by atoms with van der Waals surface area (Å²) in [6.45, 7) is 2.02. The Morgan fingerprint density at radius 2 is 1.27 bits per heavy atom. The zero-order valence-electron chi connectivity index (χ0n) is 20.3. The number of amides is 2. The maximum absolute atomic E-state index is 13.3. The van der Waals surface area contributed by atoms with Crippen LogP contribution in [0.4, 0.5) is 11.4 Å². The second kappa shape index (κ2) is 11.1. The molecule has 0 aliphatic rings. The minimum atomic E-state index is -0.430. The van der Waals surface area contributed by atoms with Crippen LogP contribution < -0.4 is 10.6 Å². The van der Waals surface area contributed by atoms with Crippen LogP contribution in [0.5, 0.6) is 0 Å². The second-order valence-corrected chi connectivity index (χ2v) is 9.98. The van der Waals surface area contributed by atoms with E-state index in [2.05, 4.69) is 10.6 Å². The van der Waals surface area contributed by atoms with E-state index < -0.39 is 5.25 Å². The maximum atomic E-state index is 13.3. The van der Waals surface area contributed by atoms with Crippen molar-refractivity contribution in [2.45, 2.75) is 17.1 Å². The van der Waals surface area contributed by atoms with Gasteiger partial charge in [0.15, 0.2) is 0 Å². The molecule has 4 nitrogen and oxygen atoms in total. The average Bonchev–Trinajstić information content (AvgIpc) is 2.94. The first-order chi connectivity index (χ1) is 18.0. The van der Waals surface area contributed by atoms with E-state index in [1.807, 2.05) is 128 Å². The molecule has 0 fully saturated rings. The molecule has 0 heterocycles. The second-order valence-electron chi connectivity index (χ2n) is 8.80. The van der Waals surface area contributed by atoms with Gasteiger partial charge >= 0.3 is 0 Å². The summed E-state index contributed by atoms with van der Waals surface area (Å²) in [4.78, 5) is 27.0. The summed E-state index contributed by atoms with van der Waals surface area (Å²) in [7, 11) is 0. The van der Waals surface area contributed by atoms with Crippen molar-refractivity contribution in [3.05, 3.63) is 138 Å². The van der Waals surface area contributed by atoms with Crippen molar-refractivity contribution in [1.82, 2.24) is 0 Å². The summed E-state index contributed by atoms with van der Waals surface area (Å²) >= 11 is 1.47. The predicted octanol–water partition coefficient (Wildman–Crippen LogP) is 7.87. The standard InChI is InChI=1S/C32H26N2O2S/c1-22-11-15-27(16-12-22)34-32(36)30(24-8-3-2-4-9-24)37-29-19-17-28(18-20-29)33-31(35)26-14-13-23-7-5-6-10-25(23)21-26/h2-21,30H,1H3,(H,33,35)(H,34,36). The number of anilines is 2. The van der Waals surface area contributed by atoms with Crippen molar-refractivity contribution < 1.29 is 9.59 Å². The Balaban J connectivity index is 1.29. The van der Waals surface area contributed by atoms with Gasteiger partial charge in [-0.25, -0.2) is 0 Å². The van der Waals surface area contributed by atoms with Crippen molar-refractivity contribution >= 4 is 45.7 Å². The fraction of sp³-hybridized carbons (Fsp3) is 0.0625. The molecular formula is C32H26N2O2S. The lowest BCUT2D eigenvalue weighted by molar-refractivity contribution is -0.115. The van der Waals surface area contributed by atoms with E-state index in [1.165, 1.54) is 11.8 Å². The highest BCUT2D eigenvalue weighted by molar-refractivity contribution is 8.00. The number of aryl methyl sites for hydroxylation is 1. The molecule has 1 atom stereocenters. The first-order valence-corrected chi connectivity index (χ1v) is 12.9. The molecule has 5 aromatic rings. The molecule has 2 amide bonds. The van der Waals surface area contributed by atoms with Gasteiger partial charge in [-0.05, 0) is 71.8 Å². The first-order valence-electron chi connectivity index (χ1n) is 12.0. The van der Waals surface area contributed by atoms with Crippen molar-refractivity contribution in [3.63, 3.8) is 0 Å². The summed E-state index contributed by atoms with van der Waals surface area (Å²) in [5.74, 6) is -0.250. The van der Waals surface area contributed by atoms with Crippen LogP contribution in [-0.4, -0.2) is 11.8 Å². The number of hydrogen-bond donors (Lipinski definition) is 2. The Morgan fingerprint density at radius 3 is 2.00 bits per heavy atom. The molecule has 0 aliphatic heterocycles. The van der Waals surface area contributed by atoms with Crippen LogP contribution in [-0.2, 0) is 4.79 Å². The van der Waals surface area contributed by atoms with Crippen LogP contribution in [0, 0.1) is 6.92 Å². The van der Waals surface area contributed by atoms with Gasteiger partial charge in [0.1, 0.15) is 5.25 Å². The van der Waals surface area contributed by atoms with E-state index in [-0.39, 0.29) is 11.8 Å². The molecule has 1 unspecified atom stereocenters. The Morgan fingerprint density at radius 1 is 0.649 bits per heavy atom. The third-order valence-electron chi connectivity index (χ3n) is 6.04. The Hall–Kier alpha value is -4.35. The van der Waals surface area contributed by atoms with Crippen LogP contribution in [0.15, 0.2) is 126 Å². The monoisotopic (exact) mass is 502 g/mol. The summed E-state index contributed by atoms with van der Waals surface area (Å²) in [6.07, 6.45) is 0. The van der Waals surface area contributed by atoms with Gasteiger partial charge in [0.05, 0.1) is 0 Å². The molecule has 0 spiro atoms. The Labute approximate surface area is 220 Å². The highest BCUT2D eigenvalue weighted by Gasteiger charge is 2.22. The molecule has 0 saturated heterocycles. The number of thioether (sulfide) groups is 1. The minimum absolute atomic E-state index is 0.0891. The van der Waals surface area contributed by atoms with Crippen LogP contribution >= 0.6 is 11.8 Å². The van der Waals surface area contributed by atoms with E-state index in [0.29, 0.717) is 11.3 Å². The summed E-state index contributed by atoms with van der Waals surface area (Å²) < 4.78 is 0.